The maximum atomic E-state index is 12.7. The van der Waals surface area contributed by atoms with Gasteiger partial charge < -0.3 is 19.1 Å². The van der Waals surface area contributed by atoms with Crippen molar-refractivity contribution in [2.45, 2.75) is 32.2 Å². The Morgan fingerprint density at radius 1 is 1.29 bits per heavy atom. The number of ether oxygens (including phenoxy) is 3. The van der Waals surface area contributed by atoms with Gasteiger partial charge in [0.05, 0.1) is 36.1 Å². The first kappa shape index (κ1) is 25.6. The Morgan fingerprint density at radius 2 is 2.00 bits per heavy atom. The number of hydrogen-bond donors (Lipinski definition) is 1. The van der Waals surface area contributed by atoms with E-state index in [9.17, 15) is 18.0 Å². The zero-order valence-electron chi connectivity index (χ0n) is 18.7. The van der Waals surface area contributed by atoms with Crippen LogP contribution in [0, 0.1) is 0 Å². The number of carbonyl (C=O) groups is 1. The Bertz CT molecular complexity index is 1040. The van der Waals surface area contributed by atoms with Crippen LogP contribution in [0.3, 0.4) is 0 Å². The Balaban J connectivity index is 1.60. The second-order valence-electron chi connectivity index (χ2n) is 7.68. The number of pyridine rings is 1. The van der Waals surface area contributed by atoms with E-state index in [1.807, 2.05) is 13.8 Å². The number of methoxy groups -OCH3 is 1. The van der Waals surface area contributed by atoms with E-state index in [1.54, 1.807) is 23.1 Å². The predicted octanol–water partition coefficient (Wildman–Crippen LogP) is 4.22. The van der Waals surface area contributed by atoms with Crippen molar-refractivity contribution < 1.29 is 32.2 Å². The topological polar surface area (TPSA) is 85.3 Å². The van der Waals surface area contributed by atoms with E-state index in [0.717, 1.165) is 6.07 Å². The largest absolute Gasteiger partial charge is 0.493 e. The number of anilines is 1. The first-order valence-electron chi connectivity index (χ1n) is 10.3. The molecular weight excluding hydrogens is 477 g/mol. The van der Waals surface area contributed by atoms with Gasteiger partial charge in [0.15, 0.2) is 23.9 Å². The standard InChI is InChI=1S/C22H24ClF3N4O4/c1-13-10-30(11-14(2)34-13)20(31)12-33-18-5-4-15(6-19(18)32-3)8-28-29-21-17(23)7-16(9-27-21)22(24,25)26/h4-9,13-14H,10-12H2,1-3H3,(H,27,29)/b28-8-/t13-,14-/m1/s1. The van der Waals surface area contributed by atoms with Crippen LogP contribution < -0.4 is 14.9 Å². The van der Waals surface area contributed by atoms with Gasteiger partial charge >= 0.3 is 6.18 Å². The summed E-state index contributed by atoms with van der Waals surface area (Å²) >= 11 is 5.84. The van der Waals surface area contributed by atoms with E-state index in [4.69, 9.17) is 25.8 Å². The minimum absolute atomic E-state index is 0.0249. The molecule has 0 aliphatic carbocycles. The highest BCUT2D eigenvalue weighted by molar-refractivity contribution is 6.32. The molecule has 1 aromatic carbocycles. The third-order valence-corrected chi connectivity index (χ3v) is 5.15. The molecular formula is C22H24ClF3N4O4. The van der Waals surface area contributed by atoms with E-state index in [-0.39, 0.29) is 35.6 Å². The van der Waals surface area contributed by atoms with E-state index < -0.39 is 11.7 Å². The molecule has 1 saturated heterocycles. The fourth-order valence-electron chi connectivity index (χ4n) is 3.34. The molecule has 1 aliphatic rings. The van der Waals surface area contributed by atoms with E-state index >= 15 is 0 Å². The van der Waals surface area contributed by atoms with Crippen LogP contribution in [0.25, 0.3) is 0 Å². The summed E-state index contributed by atoms with van der Waals surface area (Å²) in [4.78, 5) is 17.9. The Kier molecular flexibility index (Phi) is 8.21. The summed E-state index contributed by atoms with van der Waals surface area (Å²) in [5.41, 5.74) is 2.15. The van der Waals surface area contributed by atoms with Crippen LogP contribution in [-0.2, 0) is 15.7 Å². The average molecular weight is 501 g/mol. The van der Waals surface area contributed by atoms with Gasteiger partial charge in [0.1, 0.15) is 0 Å². The quantitative estimate of drug-likeness (QED) is 0.452. The minimum Gasteiger partial charge on any atom is -0.493 e. The normalized spacial score (nSPS) is 18.7. The van der Waals surface area contributed by atoms with Gasteiger partial charge in [0, 0.05) is 19.3 Å². The van der Waals surface area contributed by atoms with E-state index in [2.05, 4.69) is 15.5 Å². The highest BCUT2D eigenvalue weighted by Gasteiger charge is 2.31. The number of amides is 1. The summed E-state index contributed by atoms with van der Waals surface area (Å²) in [6.45, 7) is 4.68. The Morgan fingerprint density at radius 3 is 2.62 bits per heavy atom. The van der Waals surface area contributed by atoms with E-state index in [0.29, 0.717) is 36.3 Å². The number of morpholine rings is 1. The fourth-order valence-corrected chi connectivity index (χ4v) is 3.55. The second kappa shape index (κ2) is 10.9. The first-order valence-corrected chi connectivity index (χ1v) is 10.7. The number of hydrogen-bond acceptors (Lipinski definition) is 7. The highest BCUT2D eigenvalue weighted by Crippen LogP contribution is 2.32. The number of rotatable bonds is 7. The molecule has 2 heterocycles. The van der Waals surface area contributed by atoms with Crippen molar-refractivity contribution in [3.63, 3.8) is 0 Å². The monoisotopic (exact) mass is 500 g/mol. The number of benzene rings is 1. The van der Waals surface area contributed by atoms with Gasteiger partial charge in [-0.15, -0.1) is 0 Å². The van der Waals surface area contributed by atoms with Crippen molar-refractivity contribution >= 4 is 29.5 Å². The molecule has 12 heteroatoms. The zero-order chi connectivity index (χ0) is 24.9. The molecule has 34 heavy (non-hydrogen) atoms. The molecule has 0 bridgehead atoms. The second-order valence-corrected chi connectivity index (χ2v) is 8.08. The van der Waals surface area contributed by atoms with Crippen molar-refractivity contribution in [2.24, 2.45) is 5.10 Å². The molecule has 1 fully saturated rings. The maximum absolute atomic E-state index is 12.7. The molecule has 0 saturated carbocycles. The smallest absolute Gasteiger partial charge is 0.417 e. The van der Waals surface area contributed by atoms with E-state index in [1.165, 1.54) is 13.3 Å². The van der Waals surface area contributed by atoms with Crippen LogP contribution in [0.2, 0.25) is 5.02 Å². The number of halogens is 4. The summed E-state index contributed by atoms with van der Waals surface area (Å²) in [6, 6.07) is 5.70. The molecule has 1 N–H and O–H groups in total. The summed E-state index contributed by atoms with van der Waals surface area (Å²) < 4.78 is 54.7. The number of aromatic nitrogens is 1. The molecule has 1 aliphatic heterocycles. The van der Waals surface area contributed by atoms with Crippen LogP contribution in [0.15, 0.2) is 35.6 Å². The maximum Gasteiger partial charge on any atom is 0.417 e. The van der Waals surface area contributed by atoms with Gasteiger partial charge in [0.2, 0.25) is 0 Å². The van der Waals surface area contributed by atoms with Gasteiger partial charge in [-0.05, 0) is 43.7 Å². The molecule has 1 aromatic heterocycles. The van der Waals surface area contributed by atoms with Gasteiger partial charge in [-0.1, -0.05) is 11.6 Å². The van der Waals surface area contributed by atoms with Crippen molar-refractivity contribution in [2.75, 3.05) is 32.2 Å². The summed E-state index contributed by atoms with van der Waals surface area (Å²) in [6.07, 6.45) is -2.55. The average Bonchev–Trinajstić information content (AvgIpc) is 2.77. The van der Waals surface area contributed by atoms with Gasteiger partial charge in [0.25, 0.3) is 5.91 Å². The number of carbonyl (C=O) groups excluding carboxylic acids is 1. The molecule has 8 nitrogen and oxygen atoms in total. The Hall–Kier alpha value is -3.05. The SMILES string of the molecule is COc1cc(/C=N\Nc2ncc(C(F)(F)F)cc2Cl)ccc1OCC(=O)N1C[C@@H](C)O[C@H](C)C1. The summed E-state index contributed by atoms with van der Waals surface area (Å²) in [5, 5.41) is 3.73. The lowest BCUT2D eigenvalue weighted by Crippen LogP contribution is -2.49. The lowest BCUT2D eigenvalue weighted by Gasteiger charge is -2.35. The van der Waals surface area contributed by atoms with Crippen LogP contribution in [0.5, 0.6) is 11.5 Å². The third kappa shape index (κ3) is 6.73. The van der Waals surface area contributed by atoms with Gasteiger partial charge in [-0.3, -0.25) is 10.2 Å². The molecule has 1 amide bonds. The first-order chi connectivity index (χ1) is 16.1. The summed E-state index contributed by atoms with van der Waals surface area (Å²) in [7, 11) is 1.46. The Labute approximate surface area is 199 Å². The molecule has 2 aromatic rings. The van der Waals surface area contributed by atoms with Gasteiger partial charge in [-0.2, -0.15) is 18.3 Å². The zero-order valence-corrected chi connectivity index (χ0v) is 19.5. The fraction of sp³-hybridized carbons (Fsp3) is 0.409. The van der Waals surface area contributed by atoms with Gasteiger partial charge in [-0.25, -0.2) is 4.98 Å². The van der Waals surface area contributed by atoms with Crippen molar-refractivity contribution in [1.82, 2.24) is 9.88 Å². The molecule has 3 rings (SSSR count). The van der Waals surface area contributed by atoms with Crippen LogP contribution in [0.4, 0.5) is 19.0 Å². The molecule has 2 atom stereocenters. The number of nitrogens with zero attached hydrogens (tertiary/aromatic N) is 3. The lowest BCUT2D eigenvalue weighted by molar-refractivity contribution is -0.145. The van der Waals surface area contributed by atoms with Crippen molar-refractivity contribution in [3.05, 3.63) is 46.6 Å². The van der Waals surface area contributed by atoms with Crippen molar-refractivity contribution in [1.29, 1.82) is 0 Å². The molecule has 0 radical (unpaired) electrons. The molecule has 184 valence electrons. The molecule has 0 unspecified atom stereocenters. The van der Waals surface area contributed by atoms with Crippen LogP contribution >= 0.6 is 11.6 Å². The number of alkyl halides is 3. The lowest BCUT2D eigenvalue weighted by atomic mass is 10.2. The third-order valence-electron chi connectivity index (χ3n) is 4.86. The molecule has 0 spiro atoms. The number of hydrazone groups is 1. The predicted molar refractivity (Wildman–Crippen MR) is 121 cm³/mol. The van der Waals surface area contributed by atoms with Crippen LogP contribution in [0.1, 0.15) is 25.0 Å². The van der Waals surface area contributed by atoms with Crippen molar-refractivity contribution in [3.8, 4) is 11.5 Å². The highest BCUT2D eigenvalue weighted by atomic mass is 35.5. The minimum atomic E-state index is -4.54. The van der Waals surface area contributed by atoms with Crippen LogP contribution in [-0.4, -0.2) is 61.0 Å². The summed E-state index contributed by atoms with van der Waals surface area (Å²) in [5.74, 6) is 0.580. The number of nitrogens with one attached hydrogen (secondary N) is 1.